The Morgan fingerprint density at radius 3 is 2.89 bits per heavy atom. The molecule has 1 aromatic heterocycles. The van der Waals surface area contributed by atoms with Gasteiger partial charge < -0.3 is 10.5 Å². The van der Waals surface area contributed by atoms with Gasteiger partial charge in [-0.25, -0.2) is 4.98 Å². The first-order valence-corrected chi connectivity index (χ1v) is 7.00. The maximum atomic E-state index is 5.83. The van der Waals surface area contributed by atoms with Crippen LogP contribution in [-0.2, 0) is 6.42 Å². The van der Waals surface area contributed by atoms with E-state index in [0.717, 1.165) is 40.0 Å². The third-order valence-corrected chi connectivity index (χ3v) is 3.92. The van der Waals surface area contributed by atoms with Crippen LogP contribution in [0.2, 0.25) is 0 Å². The van der Waals surface area contributed by atoms with Crippen LogP contribution < -0.4 is 10.5 Å². The van der Waals surface area contributed by atoms with Gasteiger partial charge in [0.25, 0.3) is 0 Å². The number of hydrogen-bond donors (Lipinski definition) is 1. The van der Waals surface area contributed by atoms with Gasteiger partial charge in [0.2, 0.25) is 0 Å². The molecule has 1 aliphatic heterocycles. The van der Waals surface area contributed by atoms with Crippen molar-refractivity contribution in [2.45, 2.75) is 12.8 Å². The zero-order chi connectivity index (χ0) is 12.5. The molecule has 0 amide bonds. The number of pyridine rings is 1. The molecule has 92 valence electrons. The van der Waals surface area contributed by atoms with Crippen molar-refractivity contribution in [3.63, 3.8) is 0 Å². The highest BCUT2D eigenvalue weighted by molar-refractivity contribution is 14.1. The Labute approximate surface area is 120 Å². The van der Waals surface area contributed by atoms with E-state index in [1.807, 2.05) is 12.1 Å². The highest BCUT2D eigenvalue weighted by Gasteiger charge is 2.17. The van der Waals surface area contributed by atoms with Crippen LogP contribution in [0.1, 0.15) is 12.0 Å². The topological polar surface area (TPSA) is 48.1 Å². The van der Waals surface area contributed by atoms with E-state index >= 15 is 0 Å². The van der Waals surface area contributed by atoms with Crippen LogP contribution >= 0.6 is 22.6 Å². The average molecular weight is 352 g/mol. The summed E-state index contributed by atoms with van der Waals surface area (Å²) < 4.78 is 6.74. The molecule has 2 N–H and O–H groups in total. The van der Waals surface area contributed by atoms with E-state index < -0.39 is 0 Å². The summed E-state index contributed by atoms with van der Waals surface area (Å²) in [4.78, 5) is 4.31. The Bertz CT molecular complexity index is 598. The standard InChI is InChI=1S/C14H13IN2O/c15-14-11(6-7-12(16)17-14)10-5-1-3-9-4-2-8-18-13(9)10/h1,3,5-7H,2,4,8H2,(H2,16,17). The number of aryl methyl sites for hydroxylation is 1. The number of anilines is 1. The summed E-state index contributed by atoms with van der Waals surface area (Å²) in [7, 11) is 0. The molecule has 0 spiro atoms. The van der Waals surface area contributed by atoms with Gasteiger partial charge in [-0.05, 0) is 53.1 Å². The van der Waals surface area contributed by atoms with E-state index in [2.05, 4.69) is 45.8 Å². The zero-order valence-electron chi connectivity index (χ0n) is 9.82. The van der Waals surface area contributed by atoms with E-state index in [1.54, 1.807) is 0 Å². The maximum Gasteiger partial charge on any atom is 0.130 e. The number of nitrogens with zero attached hydrogens (tertiary/aromatic N) is 1. The summed E-state index contributed by atoms with van der Waals surface area (Å²) >= 11 is 2.22. The molecule has 3 rings (SSSR count). The molecule has 0 aliphatic carbocycles. The first kappa shape index (κ1) is 11.8. The van der Waals surface area contributed by atoms with Crippen molar-refractivity contribution < 1.29 is 4.74 Å². The molecule has 0 unspecified atom stereocenters. The second-order valence-electron chi connectivity index (χ2n) is 4.32. The van der Waals surface area contributed by atoms with Crippen LogP contribution in [-0.4, -0.2) is 11.6 Å². The lowest BCUT2D eigenvalue weighted by atomic mass is 9.99. The summed E-state index contributed by atoms with van der Waals surface area (Å²) in [5.74, 6) is 1.56. The molecule has 18 heavy (non-hydrogen) atoms. The lowest BCUT2D eigenvalue weighted by Gasteiger charge is -2.20. The number of hydrogen-bond acceptors (Lipinski definition) is 3. The number of rotatable bonds is 1. The van der Waals surface area contributed by atoms with Crippen molar-refractivity contribution in [3.8, 4) is 16.9 Å². The van der Waals surface area contributed by atoms with Crippen LogP contribution in [0, 0.1) is 3.70 Å². The molecule has 3 nitrogen and oxygen atoms in total. The van der Waals surface area contributed by atoms with Crippen molar-refractivity contribution in [1.29, 1.82) is 0 Å². The SMILES string of the molecule is Nc1ccc(-c2cccc3c2OCCC3)c(I)n1. The zero-order valence-corrected chi connectivity index (χ0v) is 12.0. The number of fused-ring (bicyclic) bond motifs is 1. The number of halogens is 1. The van der Waals surface area contributed by atoms with E-state index in [4.69, 9.17) is 10.5 Å². The van der Waals surface area contributed by atoms with Crippen LogP contribution in [0.5, 0.6) is 5.75 Å². The van der Waals surface area contributed by atoms with Crippen molar-refractivity contribution in [1.82, 2.24) is 4.98 Å². The number of nitrogen functional groups attached to an aromatic ring is 1. The van der Waals surface area contributed by atoms with Gasteiger partial charge in [0, 0.05) is 11.1 Å². The third-order valence-electron chi connectivity index (χ3n) is 3.09. The van der Waals surface area contributed by atoms with Crippen LogP contribution in [0.25, 0.3) is 11.1 Å². The normalized spacial score (nSPS) is 13.8. The molecule has 2 heterocycles. The Hall–Kier alpha value is -1.30. The van der Waals surface area contributed by atoms with Crippen molar-refractivity contribution in [3.05, 3.63) is 39.6 Å². The molecule has 0 radical (unpaired) electrons. The fraction of sp³-hybridized carbons (Fsp3) is 0.214. The predicted molar refractivity (Wildman–Crippen MR) is 80.6 cm³/mol. The third kappa shape index (κ3) is 2.05. The van der Waals surface area contributed by atoms with E-state index in [-0.39, 0.29) is 0 Å². The Balaban J connectivity index is 2.17. The van der Waals surface area contributed by atoms with E-state index in [0.29, 0.717) is 5.82 Å². The van der Waals surface area contributed by atoms with Crippen molar-refractivity contribution >= 4 is 28.4 Å². The molecule has 1 aromatic carbocycles. The van der Waals surface area contributed by atoms with Gasteiger partial charge in [-0.2, -0.15) is 0 Å². The molecular weight excluding hydrogens is 339 g/mol. The number of benzene rings is 1. The Morgan fingerprint density at radius 1 is 1.17 bits per heavy atom. The summed E-state index contributed by atoms with van der Waals surface area (Å²) in [5, 5.41) is 0. The summed E-state index contributed by atoms with van der Waals surface area (Å²) in [6.07, 6.45) is 2.18. The highest BCUT2D eigenvalue weighted by Crippen LogP contribution is 2.37. The molecule has 4 heteroatoms. The number of para-hydroxylation sites is 1. The first-order valence-electron chi connectivity index (χ1n) is 5.93. The fourth-order valence-corrected chi connectivity index (χ4v) is 3.00. The lowest BCUT2D eigenvalue weighted by Crippen LogP contribution is -2.09. The van der Waals surface area contributed by atoms with Gasteiger partial charge in [-0.1, -0.05) is 18.2 Å². The minimum absolute atomic E-state index is 0.550. The summed E-state index contributed by atoms with van der Waals surface area (Å²) in [5.41, 5.74) is 9.18. The molecule has 1 aliphatic rings. The Morgan fingerprint density at radius 2 is 2.06 bits per heavy atom. The smallest absolute Gasteiger partial charge is 0.130 e. The molecule has 0 saturated heterocycles. The van der Waals surface area contributed by atoms with Crippen LogP contribution in [0.3, 0.4) is 0 Å². The van der Waals surface area contributed by atoms with E-state index in [9.17, 15) is 0 Å². The summed E-state index contributed by atoms with van der Waals surface area (Å²) in [6, 6.07) is 10.1. The first-order chi connectivity index (χ1) is 8.75. The molecule has 0 bridgehead atoms. The van der Waals surface area contributed by atoms with Gasteiger partial charge >= 0.3 is 0 Å². The van der Waals surface area contributed by atoms with Gasteiger partial charge in [-0.15, -0.1) is 0 Å². The monoisotopic (exact) mass is 352 g/mol. The number of ether oxygens (including phenoxy) is 1. The van der Waals surface area contributed by atoms with Gasteiger partial charge in [-0.3, -0.25) is 0 Å². The largest absolute Gasteiger partial charge is 0.493 e. The molecule has 0 atom stereocenters. The minimum Gasteiger partial charge on any atom is -0.493 e. The maximum absolute atomic E-state index is 5.83. The van der Waals surface area contributed by atoms with Crippen LogP contribution in [0.15, 0.2) is 30.3 Å². The van der Waals surface area contributed by atoms with Crippen molar-refractivity contribution in [2.24, 2.45) is 0 Å². The van der Waals surface area contributed by atoms with Crippen LogP contribution in [0.4, 0.5) is 5.82 Å². The number of nitrogens with two attached hydrogens (primary N) is 1. The molecule has 0 saturated carbocycles. The van der Waals surface area contributed by atoms with Gasteiger partial charge in [0.15, 0.2) is 0 Å². The average Bonchev–Trinajstić information content (AvgIpc) is 2.38. The molecule has 0 fully saturated rings. The lowest BCUT2D eigenvalue weighted by molar-refractivity contribution is 0.289. The van der Waals surface area contributed by atoms with Crippen molar-refractivity contribution in [2.75, 3.05) is 12.3 Å². The second kappa shape index (κ2) is 4.76. The Kier molecular flexibility index (Phi) is 3.11. The summed E-state index contributed by atoms with van der Waals surface area (Å²) in [6.45, 7) is 0.795. The number of aromatic nitrogens is 1. The quantitative estimate of drug-likeness (QED) is 0.633. The van der Waals surface area contributed by atoms with Gasteiger partial charge in [0.05, 0.1) is 6.61 Å². The molecule has 2 aromatic rings. The van der Waals surface area contributed by atoms with Gasteiger partial charge in [0.1, 0.15) is 15.3 Å². The second-order valence-corrected chi connectivity index (χ2v) is 5.34. The predicted octanol–water partition coefficient (Wildman–Crippen LogP) is 3.26. The minimum atomic E-state index is 0.550. The molecular formula is C14H13IN2O. The fourth-order valence-electron chi connectivity index (χ4n) is 2.25. The highest BCUT2D eigenvalue weighted by atomic mass is 127. The van der Waals surface area contributed by atoms with E-state index in [1.165, 1.54) is 5.56 Å².